The maximum atomic E-state index is 11.1. The van der Waals surface area contributed by atoms with Gasteiger partial charge in [-0.25, -0.2) is 4.79 Å². The molecular formula is C12H15NO5. The number of benzene rings is 1. The van der Waals surface area contributed by atoms with Crippen LogP contribution in [0.2, 0.25) is 0 Å². The number of hydrogen-bond donors (Lipinski definition) is 2. The number of nitrogens with zero attached hydrogens (tertiary/aromatic N) is 1. The Morgan fingerprint density at radius 2 is 1.94 bits per heavy atom. The Bertz CT molecular complexity index is 406. The minimum absolute atomic E-state index is 0.226. The summed E-state index contributed by atoms with van der Waals surface area (Å²) in [7, 11) is 1.11. The van der Waals surface area contributed by atoms with Crippen molar-refractivity contribution in [1.29, 1.82) is 0 Å². The largest absolute Gasteiger partial charge is 0.481 e. The molecule has 0 fully saturated rings. The van der Waals surface area contributed by atoms with Crippen LogP contribution in [0, 0.1) is 5.92 Å². The lowest BCUT2D eigenvalue weighted by molar-refractivity contribution is -0.146. The summed E-state index contributed by atoms with van der Waals surface area (Å²) >= 11 is 0. The van der Waals surface area contributed by atoms with E-state index in [1.54, 1.807) is 24.3 Å². The summed E-state index contributed by atoms with van der Waals surface area (Å²) < 4.78 is 4.29. The first-order valence-electron chi connectivity index (χ1n) is 5.35. The number of carbonyl (C=O) groups is 2. The number of rotatable bonds is 5. The van der Waals surface area contributed by atoms with Crippen molar-refractivity contribution in [1.82, 2.24) is 5.06 Å². The van der Waals surface area contributed by atoms with E-state index in [2.05, 4.69) is 4.74 Å². The van der Waals surface area contributed by atoms with Gasteiger partial charge in [0.2, 0.25) is 0 Å². The third kappa shape index (κ3) is 4.06. The van der Waals surface area contributed by atoms with Gasteiger partial charge in [-0.3, -0.25) is 10.0 Å². The lowest BCUT2D eigenvalue weighted by Gasteiger charge is -2.18. The van der Waals surface area contributed by atoms with Crippen LogP contribution >= 0.6 is 0 Å². The first-order valence-corrected chi connectivity index (χ1v) is 5.35. The van der Waals surface area contributed by atoms with Crippen molar-refractivity contribution in [3.63, 3.8) is 0 Å². The Morgan fingerprint density at radius 3 is 2.44 bits per heavy atom. The summed E-state index contributed by atoms with van der Waals surface area (Å²) in [6, 6.07) is 8.99. The van der Waals surface area contributed by atoms with E-state index in [-0.39, 0.29) is 18.0 Å². The molecule has 1 atom stereocenters. The molecule has 0 spiro atoms. The van der Waals surface area contributed by atoms with Crippen LogP contribution in [-0.4, -0.2) is 41.1 Å². The van der Waals surface area contributed by atoms with Gasteiger partial charge < -0.3 is 9.84 Å². The molecule has 0 saturated heterocycles. The smallest absolute Gasteiger partial charge is 0.433 e. The van der Waals surface area contributed by atoms with E-state index in [9.17, 15) is 14.8 Å². The first-order chi connectivity index (χ1) is 8.54. The SMILES string of the molecule is COC(=O)N(O)CC(Cc1ccccc1)C(=O)O. The minimum atomic E-state index is -1.08. The fraction of sp³-hybridized carbons (Fsp3) is 0.333. The number of carboxylic acid groups (broad SMARTS) is 1. The van der Waals surface area contributed by atoms with Gasteiger partial charge in [-0.1, -0.05) is 30.3 Å². The maximum Gasteiger partial charge on any atom is 0.433 e. The highest BCUT2D eigenvalue weighted by Crippen LogP contribution is 2.10. The topological polar surface area (TPSA) is 87.1 Å². The summed E-state index contributed by atoms with van der Waals surface area (Å²) in [5, 5.41) is 18.6. The molecule has 0 heterocycles. The molecule has 0 bridgehead atoms. The Hall–Kier alpha value is -2.08. The highest BCUT2D eigenvalue weighted by Gasteiger charge is 2.24. The van der Waals surface area contributed by atoms with Crippen molar-refractivity contribution in [3.8, 4) is 0 Å². The zero-order chi connectivity index (χ0) is 13.5. The summed E-state index contributed by atoms with van der Waals surface area (Å²) in [5.41, 5.74) is 0.822. The normalized spacial score (nSPS) is 11.7. The number of carboxylic acids is 1. The number of hydrogen-bond acceptors (Lipinski definition) is 4. The van der Waals surface area contributed by atoms with Crippen molar-refractivity contribution in [3.05, 3.63) is 35.9 Å². The highest BCUT2D eigenvalue weighted by molar-refractivity contribution is 5.72. The van der Waals surface area contributed by atoms with Crippen molar-refractivity contribution < 1.29 is 24.6 Å². The third-order valence-electron chi connectivity index (χ3n) is 2.45. The minimum Gasteiger partial charge on any atom is -0.481 e. The quantitative estimate of drug-likeness (QED) is 0.611. The van der Waals surface area contributed by atoms with Gasteiger partial charge in [0, 0.05) is 0 Å². The van der Waals surface area contributed by atoms with Gasteiger partial charge in [-0.2, -0.15) is 5.06 Å². The summed E-state index contributed by atoms with van der Waals surface area (Å²) in [6.07, 6.45) is -0.751. The molecule has 98 valence electrons. The van der Waals surface area contributed by atoms with Crippen LogP contribution in [0.5, 0.6) is 0 Å². The molecule has 0 aromatic heterocycles. The Kier molecular flexibility index (Phi) is 5.13. The monoisotopic (exact) mass is 253 g/mol. The molecule has 1 unspecified atom stereocenters. The molecule has 1 rings (SSSR count). The lowest BCUT2D eigenvalue weighted by Crippen LogP contribution is -2.36. The van der Waals surface area contributed by atoms with Gasteiger partial charge in [0.05, 0.1) is 19.6 Å². The molecule has 1 aromatic carbocycles. The van der Waals surface area contributed by atoms with Crippen molar-refractivity contribution in [2.24, 2.45) is 5.92 Å². The second-order valence-corrected chi connectivity index (χ2v) is 3.78. The van der Waals surface area contributed by atoms with E-state index in [0.717, 1.165) is 12.7 Å². The standard InChI is InChI=1S/C12H15NO5/c1-18-12(16)13(17)8-10(11(14)15)7-9-5-3-2-4-6-9/h2-6,10,17H,7-8H2,1H3,(H,14,15). The van der Waals surface area contributed by atoms with E-state index in [0.29, 0.717) is 0 Å². The van der Waals surface area contributed by atoms with Gasteiger partial charge >= 0.3 is 12.1 Å². The molecule has 6 nitrogen and oxygen atoms in total. The third-order valence-corrected chi connectivity index (χ3v) is 2.45. The van der Waals surface area contributed by atoms with Crippen LogP contribution in [0.1, 0.15) is 5.56 Å². The average Bonchev–Trinajstić information content (AvgIpc) is 2.37. The van der Waals surface area contributed by atoms with E-state index < -0.39 is 18.0 Å². The molecule has 0 aliphatic heterocycles. The number of hydroxylamine groups is 2. The molecule has 2 N–H and O–H groups in total. The Balaban J connectivity index is 2.67. The van der Waals surface area contributed by atoms with Crippen LogP contribution in [0.4, 0.5) is 4.79 Å². The molecule has 6 heteroatoms. The Morgan fingerprint density at radius 1 is 1.33 bits per heavy atom. The van der Waals surface area contributed by atoms with E-state index in [1.807, 2.05) is 6.07 Å². The van der Waals surface area contributed by atoms with Gasteiger partial charge in [0.25, 0.3) is 0 Å². The fourth-order valence-electron chi connectivity index (χ4n) is 1.52. The summed E-state index contributed by atoms with van der Waals surface area (Å²) in [4.78, 5) is 22.0. The zero-order valence-corrected chi connectivity index (χ0v) is 9.94. The lowest BCUT2D eigenvalue weighted by atomic mass is 9.99. The summed E-state index contributed by atoms with van der Waals surface area (Å²) in [6.45, 7) is -0.323. The van der Waals surface area contributed by atoms with Crippen LogP contribution in [0.25, 0.3) is 0 Å². The average molecular weight is 253 g/mol. The molecule has 18 heavy (non-hydrogen) atoms. The highest BCUT2D eigenvalue weighted by atomic mass is 16.6. The van der Waals surface area contributed by atoms with Gasteiger partial charge in [0.1, 0.15) is 0 Å². The van der Waals surface area contributed by atoms with Crippen LogP contribution in [0.3, 0.4) is 0 Å². The molecule has 0 saturated carbocycles. The first kappa shape index (κ1) is 14.0. The van der Waals surface area contributed by atoms with E-state index in [1.165, 1.54) is 0 Å². The number of ether oxygens (including phenoxy) is 1. The molecule has 0 aliphatic rings. The van der Waals surface area contributed by atoms with Crippen LogP contribution in [-0.2, 0) is 16.0 Å². The van der Waals surface area contributed by atoms with Crippen molar-refractivity contribution in [2.75, 3.05) is 13.7 Å². The molecule has 0 aliphatic carbocycles. The van der Waals surface area contributed by atoms with E-state index >= 15 is 0 Å². The number of methoxy groups -OCH3 is 1. The predicted molar refractivity (Wildman–Crippen MR) is 62.2 cm³/mol. The molecular weight excluding hydrogens is 238 g/mol. The van der Waals surface area contributed by atoms with E-state index in [4.69, 9.17) is 5.11 Å². The number of amides is 1. The molecule has 0 radical (unpaired) electrons. The molecule has 1 amide bonds. The van der Waals surface area contributed by atoms with Crippen LogP contribution < -0.4 is 0 Å². The van der Waals surface area contributed by atoms with Crippen LogP contribution in [0.15, 0.2) is 30.3 Å². The van der Waals surface area contributed by atoms with Crippen molar-refractivity contribution >= 4 is 12.1 Å². The predicted octanol–water partition coefficient (Wildman–Crippen LogP) is 1.39. The van der Waals surface area contributed by atoms with Gasteiger partial charge in [0.15, 0.2) is 0 Å². The number of aliphatic carboxylic acids is 1. The van der Waals surface area contributed by atoms with Crippen molar-refractivity contribution in [2.45, 2.75) is 6.42 Å². The maximum absolute atomic E-state index is 11.1. The Labute approximate surface area is 104 Å². The fourth-order valence-corrected chi connectivity index (χ4v) is 1.52. The molecule has 1 aromatic rings. The second-order valence-electron chi connectivity index (χ2n) is 3.78. The summed E-state index contributed by atoms with van der Waals surface area (Å²) in [5.74, 6) is -1.97. The number of carbonyl (C=O) groups excluding carboxylic acids is 1. The zero-order valence-electron chi connectivity index (χ0n) is 9.94. The van der Waals surface area contributed by atoms with Gasteiger partial charge in [-0.05, 0) is 12.0 Å². The second kappa shape index (κ2) is 6.61. The van der Waals surface area contributed by atoms with Gasteiger partial charge in [-0.15, -0.1) is 0 Å².